The Hall–Kier alpha value is 7.81. The summed E-state index contributed by atoms with van der Waals surface area (Å²) in [6.07, 6.45) is 0. The van der Waals surface area contributed by atoms with Gasteiger partial charge in [0.25, 0.3) is 0 Å². The molecule has 0 saturated carbocycles. The summed E-state index contributed by atoms with van der Waals surface area (Å²) in [5.41, 5.74) is 0. The van der Waals surface area contributed by atoms with Crippen molar-refractivity contribution < 1.29 is 33.0 Å². The number of phosphoric acid groups is 2. The van der Waals surface area contributed by atoms with Crippen LogP contribution in [0.4, 0.5) is 0 Å². The van der Waals surface area contributed by atoms with E-state index in [4.69, 9.17) is 19.6 Å². The van der Waals surface area contributed by atoms with Crippen molar-refractivity contribution >= 4 is 251 Å². The predicted octanol–water partition coefficient (Wildman–Crippen LogP) is -4.05. The van der Waals surface area contributed by atoms with E-state index in [-0.39, 0.29) is 235 Å². The van der Waals surface area contributed by atoms with Gasteiger partial charge in [0.15, 0.2) is 0 Å². The zero-order chi connectivity index (χ0) is 7.71. The van der Waals surface area contributed by atoms with E-state index in [0.717, 1.165) is 0 Å². The van der Waals surface area contributed by atoms with Crippen LogP contribution in [0.15, 0.2) is 0 Å². The first-order chi connectivity index (χ1) is 3.71. The van der Waals surface area contributed by atoms with Gasteiger partial charge in [0, 0.05) is 0 Å². The first-order valence-corrected chi connectivity index (χ1v) is 4.59. The third-order valence-electron chi connectivity index (χ3n) is 0.213. The van der Waals surface area contributed by atoms with Crippen molar-refractivity contribution in [1.82, 2.24) is 0 Å². The van der Waals surface area contributed by atoms with Gasteiger partial charge < -0.3 is 19.6 Å². The Morgan fingerprint density at radius 3 is 0.857 bits per heavy atom. The quantitative estimate of drug-likeness (QED) is 0.291. The SMILES string of the molecule is O=P(O)(O)OP(=O)(O)O.[KH].[KH].[KH].[KH].[NaH]. The van der Waals surface area contributed by atoms with E-state index in [2.05, 4.69) is 4.31 Å². The summed E-state index contributed by atoms with van der Waals surface area (Å²) in [4.78, 5) is 31.0. The molecule has 0 aliphatic carbocycles. The molecule has 0 heterocycles. The van der Waals surface area contributed by atoms with E-state index in [1.807, 2.05) is 0 Å². The van der Waals surface area contributed by atoms with E-state index >= 15 is 0 Å². The molecule has 0 aromatic rings. The van der Waals surface area contributed by atoms with Crippen LogP contribution in [-0.2, 0) is 13.4 Å². The Balaban J connectivity index is -0.0000000320. The maximum atomic E-state index is 9.63. The molecule has 7 nitrogen and oxygen atoms in total. The van der Waals surface area contributed by atoms with Crippen molar-refractivity contribution in [1.29, 1.82) is 0 Å². The third kappa shape index (κ3) is 36.7. The molecule has 0 spiro atoms. The summed E-state index contributed by atoms with van der Waals surface area (Å²) in [5.74, 6) is 0. The van der Waals surface area contributed by atoms with Gasteiger partial charge in [-0.15, -0.1) is 0 Å². The van der Waals surface area contributed by atoms with Gasteiger partial charge in [-0.1, -0.05) is 0 Å². The molecule has 66 valence electrons. The van der Waals surface area contributed by atoms with Gasteiger partial charge >= 0.3 is 251 Å². The second kappa shape index (κ2) is 18.9. The third-order valence-corrected chi connectivity index (χ3v) is 1.91. The fourth-order valence-corrected chi connectivity index (χ4v) is 1.25. The van der Waals surface area contributed by atoms with Crippen LogP contribution in [0.1, 0.15) is 0 Å². The average molecular weight is 362 g/mol. The normalized spacial score (nSPS) is 8.86. The molecular formula is H9K4NaO7P2. The van der Waals surface area contributed by atoms with E-state index in [9.17, 15) is 9.13 Å². The summed E-state index contributed by atoms with van der Waals surface area (Å²) < 4.78 is 22.2. The zero-order valence-electron chi connectivity index (χ0n) is 3.91. The fraction of sp³-hybridized carbons (Fsp3) is 0. The van der Waals surface area contributed by atoms with Gasteiger partial charge in [0.2, 0.25) is 0 Å². The van der Waals surface area contributed by atoms with Gasteiger partial charge in [-0.05, 0) is 0 Å². The Labute approximate surface area is 274 Å². The Morgan fingerprint density at radius 1 is 0.714 bits per heavy atom. The van der Waals surface area contributed by atoms with Crippen LogP contribution < -0.4 is 0 Å². The van der Waals surface area contributed by atoms with Gasteiger partial charge in [-0.3, -0.25) is 0 Å². The van der Waals surface area contributed by atoms with Crippen molar-refractivity contribution in [2.75, 3.05) is 0 Å². The van der Waals surface area contributed by atoms with Crippen LogP contribution in [0.25, 0.3) is 0 Å². The second-order valence-corrected chi connectivity index (χ2v) is 3.68. The van der Waals surface area contributed by atoms with Gasteiger partial charge in [-0.2, -0.15) is 4.31 Å². The van der Waals surface area contributed by atoms with Gasteiger partial charge in [0.1, 0.15) is 0 Å². The summed E-state index contributed by atoms with van der Waals surface area (Å²) in [7, 11) is -10.1. The van der Waals surface area contributed by atoms with E-state index < -0.39 is 15.6 Å². The zero-order valence-corrected chi connectivity index (χ0v) is 5.70. The molecule has 0 rings (SSSR count). The van der Waals surface area contributed by atoms with Crippen molar-refractivity contribution in [3.63, 3.8) is 0 Å². The Bertz CT molecular complexity index is 164. The summed E-state index contributed by atoms with van der Waals surface area (Å²) >= 11 is 0. The molecule has 0 aliphatic rings. The fourth-order valence-electron chi connectivity index (χ4n) is 0.139. The van der Waals surface area contributed by atoms with Crippen LogP contribution in [0.2, 0.25) is 0 Å². The topological polar surface area (TPSA) is 124 Å². The van der Waals surface area contributed by atoms with Crippen LogP contribution in [0.3, 0.4) is 0 Å². The molecule has 0 aromatic carbocycles. The van der Waals surface area contributed by atoms with Crippen LogP contribution in [-0.4, -0.2) is 255 Å². The standard InChI is InChI=1S/4K.Na.H4O7P2.5H/c;;;;;1-8(2,3)7-9(4,5)6;;;;;/h;;;;;(H2,1,2,3)(H2,4,5,6);;;;;. The number of rotatable bonds is 2. The summed E-state index contributed by atoms with van der Waals surface area (Å²) in [6.45, 7) is 0. The monoisotopic (exact) mass is 362 g/mol. The van der Waals surface area contributed by atoms with E-state index in [0.29, 0.717) is 0 Å². The number of hydrogen-bond donors (Lipinski definition) is 4. The van der Waals surface area contributed by atoms with Crippen molar-refractivity contribution in [3.05, 3.63) is 0 Å². The van der Waals surface area contributed by atoms with Crippen molar-refractivity contribution in [2.45, 2.75) is 0 Å². The molecule has 0 radical (unpaired) electrons. The van der Waals surface area contributed by atoms with E-state index in [1.54, 1.807) is 0 Å². The van der Waals surface area contributed by atoms with Crippen molar-refractivity contribution in [2.24, 2.45) is 0 Å². The molecule has 0 bridgehead atoms. The maximum absolute atomic E-state index is 9.63. The molecule has 0 aliphatic heterocycles. The molecule has 0 unspecified atom stereocenters. The molecule has 0 atom stereocenters. The number of hydrogen-bond acceptors (Lipinski definition) is 3. The van der Waals surface area contributed by atoms with Crippen LogP contribution in [0, 0.1) is 0 Å². The van der Waals surface area contributed by atoms with Crippen molar-refractivity contribution in [3.8, 4) is 0 Å². The molecule has 0 saturated heterocycles. The minimum absolute atomic E-state index is 0. The molecule has 4 N–H and O–H groups in total. The predicted molar refractivity (Wildman–Crippen MR) is 60.9 cm³/mol. The van der Waals surface area contributed by atoms with E-state index in [1.165, 1.54) is 0 Å². The second-order valence-electron chi connectivity index (χ2n) is 1.06. The van der Waals surface area contributed by atoms with Gasteiger partial charge in [0.05, 0.1) is 0 Å². The molecule has 0 fully saturated rings. The first-order valence-electron chi connectivity index (χ1n) is 1.53. The molecule has 0 amide bonds. The minimum atomic E-state index is -5.05. The Morgan fingerprint density at radius 2 is 0.857 bits per heavy atom. The molecular weight excluding hydrogens is 353 g/mol. The summed E-state index contributed by atoms with van der Waals surface area (Å²) in [6, 6.07) is 0. The van der Waals surface area contributed by atoms with Crippen LogP contribution in [0.5, 0.6) is 0 Å². The molecule has 14 heavy (non-hydrogen) atoms. The average Bonchev–Trinajstić information content (AvgIpc) is 1.14. The van der Waals surface area contributed by atoms with Crippen LogP contribution >= 0.6 is 15.6 Å². The Kier molecular flexibility index (Phi) is 50.9. The van der Waals surface area contributed by atoms with Gasteiger partial charge in [-0.25, -0.2) is 9.13 Å². The first kappa shape index (κ1) is 37.8. The molecule has 14 heteroatoms. The molecule has 0 aromatic heterocycles. The summed E-state index contributed by atoms with van der Waals surface area (Å²) in [5, 5.41) is 0.